The highest BCUT2D eigenvalue weighted by Gasteiger charge is 2.33. The Kier molecular flexibility index (Phi) is 7.15. The summed E-state index contributed by atoms with van der Waals surface area (Å²) in [7, 11) is 1.57. The molecule has 28 heavy (non-hydrogen) atoms. The van der Waals surface area contributed by atoms with E-state index in [9.17, 15) is 9.59 Å². The molecule has 154 valence electrons. The summed E-state index contributed by atoms with van der Waals surface area (Å²) in [5.74, 6) is 0.816. The number of nitrogens with one attached hydrogen (secondary N) is 3. The van der Waals surface area contributed by atoms with Crippen molar-refractivity contribution in [1.82, 2.24) is 4.90 Å². The molecule has 0 bridgehead atoms. The van der Waals surface area contributed by atoms with Gasteiger partial charge >= 0.3 is 0 Å². The number of carbonyl (C=O) groups excluding carboxylic acids is 2. The highest BCUT2D eigenvalue weighted by atomic mass is 35.5. The molecule has 0 spiro atoms. The van der Waals surface area contributed by atoms with Crippen molar-refractivity contribution in [3.05, 3.63) is 23.2 Å². The van der Waals surface area contributed by atoms with E-state index in [4.69, 9.17) is 16.3 Å². The fraction of sp³-hybridized carbons (Fsp3) is 0.600. The van der Waals surface area contributed by atoms with Crippen LogP contribution in [0, 0.1) is 0 Å². The van der Waals surface area contributed by atoms with Gasteiger partial charge in [-0.1, -0.05) is 11.6 Å². The van der Waals surface area contributed by atoms with Crippen LogP contribution >= 0.6 is 11.6 Å². The van der Waals surface area contributed by atoms with E-state index in [0.717, 1.165) is 52.1 Å². The topological polar surface area (TPSA) is 67.5 Å². The molecule has 2 fully saturated rings. The Morgan fingerprint density at radius 3 is 2.54 bits per heavy atom. The quantitative estimate of drug-likeness (QED) is 0.568. The minimum Gasteiger partial charge on any atom is -0.495 e. The lowest BCUT2D eigenvalue weighted by molar-refractivity contribution is -1.01. The van der Waals surface area contributed by atoms with Crippen molar-refractivity contribution in [3.8, 4) is 5.75 Å². The van der Waals surface area contributed by atoms with Crippen LogP contribution in [0.15, 0.2) is 18.2 Å². The number of methoxy groups -OCH3 is 1. The van der Waals surface area contributed by atoms with Gasteiger partial charge in [0.15, 0.2) is 12.6 Å². The molecule has 0 aromatic heterocycles. The lowest BCUT2D eigenvalue weighted by Crippen LogP contribution is -3.30. The van der Waals surface area contributed by atoms with E-state index < -0.39 is 0 Å². The van der Waals surface area contributed by atoms with Crippen LogP contribution in [0.1, 0.15) is 19.8 Å². The van der Waals surface area contributed by atoms with E-state index in [1.165, 1.54) is 9.80 Å². The standard InChI is InChI=1S/C20H29ClN4O3/c1-15(20(27)22-17-13-16(21)5-6-18(17)28-2)24-11-9-23(10-12-24)14-19(26)25-7-3-4-8-25/h5-6,13,15H,3-4,7-12,14H2,1-2H3,(H,22,27)/p+2/t15-/m1/s1. The first kappa shape index (κ1) is 20.9. The molecular formula is C20H31ClN4O3+2. The number of amides is 2. The number of halogens is 1. The van der Waals surface area contributed by atoms with Gasteiger partial charge in [0.1, 0.15) is 31.9 Å². The molecule has 2 aliphatic rings. The van der Waals surface area contributed by atoms with Gasteiger partial charge in [0.05, 0.1) is 12.8 Å². The first-order valence-corrected chi connectivity index (χ1v) is 10.5. The van der Waals surface area contributed by atoms with E-state index in [1.807, 2.05) is 11.8 Å². The Morgan fingerprint density at radius 1 is 1.21 bits per heavy atom. The second kappa shape index (κ2) is 9.58. The molecule has 1 atom stereocenters. The van der Waals surface area contributed by atoms with Gasteiger partial charge in [-0.05, 0) is 38.0 Å². The monoisotopic (exact) mass is 410 g/mol. The number of hydrogen-bond donors (Lipinski definition) is 3. The first-order chi connectivity index (χ1) is 13.5. The fourth-order valence-corrected chi connectivity index (χ4v) is 4.20. The highest BCUT2D eigenvalue weighted by Crippen LogP contribution is 2.27. The van der Waals surface area contributed by atoms with Crippen LogP contribution < -0.4 is 19.9 Å². The Labute approximate surface area is 171 Å². The summed E-state index contributed by atoms with van der Waals surface area (Å²) in [6, 6.07) is 5.00. The van der Waals surface area contributed by atoms with Crippen molar-refractivity contribution < 1.29 is 24.1 Å². The maximum atomic E-state index is 12.7. The predicted molar refractivity (Wildman–Crippen MR) is 108 cm³/mol. The maximum absolute atomic E-state index is 12.7. The summed E-state index contributed by atoms with van der Waals surface area (Å²) >= 11 is 6.04. The minimum atomic E-state index is -0.181. The van der Waals surface area contributed by atoms with Gasteiger partial charge in [0.2, 0.25) is 0 Å². The van der Waals surface area contributed by atoms with Crippen molar-refractivity contribution in [2.45, 2.75) is 25.8 Å². The van der Waals surface area contributed by atoms with Crippen molar-refractivity contribution in [2.75, 3.05) is 58.2 Å². The molecule has 3 rings (SSSR count). The third-order valence-electron chi connectivity index (χ3n) is 5.88. The van der Waals surface area contributed by atoms with Gasteiger partial charge in [-0.2, -0.15) is 0 Å². The zero-order valence-corrected chi connectivity index (χ0v) is 17.5. The molecule has 8 heteroatoms. The van der Waals surface area contributed by atoms with E-state index in [1.54, 1.807) is 25.3 Å². The molecule has 1 aromatic carbocycles. The van der Waals surface area contributed by atoms with E-state index in [2.05, 4.69) is 5.32 Å². The van der Waals surface area contributed by atoms with Crippen molar-refractivity contribution in [3.63, 3.8) is 0 Å². The Morgan fingerprint density at radius 2 is 1.89 bits per heavy atom. The second-order valence-electron chi connectivity index (χ2n) is 7.73. The molecule has 0 unspecified atom stereocenters. The zero-order valence-electron chi connectivity index (χ0n) is 16.7. The van der Waals surface area contributed by atoms with Gasteiger partial charge in [-0.3, -0.25) is 9.59 Å². The van der Waals surface area contributed by atoms with Crippen LogP contribution in [-0.4, -0.2) is 75.7 Å². The summed E-state index contributed by atoms with van der Waals surface area (Å²) in [6.07, 6.45) is 2.26. The molecule has 1 aromatic rings. The summed E-state index contributed by atoms with van der Waals surface area (Å²) < 4.78 is 5.30. The Hall–Kier alpha value is -1.83. The van der Waals surface area contributed by atoms with Crippen LogP contribution in [0.2, 0.25) is 5.02 Å². The molecule has 2 saturated heterocycles. The lowest BCUT2D eigenvalue weighted by Gasteiger charge is -2.33. The lowest BCUT2D eigenvalue weighted by atomic mass is 10.2. The maximum Gasteiger partial charge on any atom is 0.282 e. The largest absolute Gasteiger partial charge is 0.495 e. The Bertz CT molecular complexity index is 701. The van der Waals surface area contributed by atoms with Crippen LogP contribution in [0.3, 0.4) is 0 Å². The van der Waals surface area contributed by atoms with E-state index in [0.29, 0.717) is 23.0 Å². The number of likely N-dealkylation sites (tertiary alicyclic amines) is 1. The molecule has 3 N–H and O–H groups in total. The number of carbonyl (C=O) groups is 2. The van der Waals surface area contributed by atoms with Gasteiger partial charge < -0.3 is 24.8 Å². The fourth-order valence-electron chi connectivity index (χ4n) is 4.03. The summed E-state index contributed by atoms with van der Waals surface area (Å²) in [5.41, 5.74) is 0.590. The third-order valence-corrected chi connectivity index (χ3v) is 6.12. The van der Waals surface area contributed by atoms with Gasteiger partial charge in [0.25, 0.3) is 11.8 Å². The molecule has 2 aliphatic heterocycles. The molecule has 0 aliphatic carbocycles. The normalized spacial score (nSPS) is 23.3. The number of anilines is 1. The predicted octanol–water partition coefficient (Wildman–Crippen LogP) is -0.919. The second-order valence-corrected chi connectivity index (χ2v) is 8.16. The van der Waals surface area contributed by atoms with Crippen LogP contribution in [0.5, 0.6) is 5.75 Å². The number of ether oxygens (including phenoxy) is 1. The van der Waals surface area contributed by atoms with Crippen molar-refractivity contribution in [1.29, 1.82) is 0 Å². The zero-order chi connectivity index (χ0) is 20.1. The number of piperazine rings is 1. The third kappa shape index (κ3) is 5.16. The number of rotatable bonds is 6. The SMILES string of the molecule is COc1ccc(Cl)cc1NC(=O)[C@@H](C)[NH+]1CC[NH+](CC(=O)N2CCCC2)CC1. The molecule has 7 nitrogen and oxygen atoms in total. The number of quaternary nitrogens is 2. The number of hydrogen-bond acceptors (Lipinski definition) is 3. The Balaban J connectivity index is 1.49. The van der Waals surface area contributed by atoms with Crippen molar-refractivity contribution in [2.24, 2.45) is 0 Å². The highest BCUT2D eigenvalue weighted by molar-refractivity contribution is 6.31. The number of nitrogens with zero attached hydrogens (tertiary/aromatic N) is 1. The van der Waals surface area contributed by atoms with Crippen molar-refractivity contribution >= 4 is 29.1 Å². The van der Waals surface area contributed by atoms with Crippen LogP contribution in [0.4, 0.5) is 5.69 Å². The molecule has 0 saturated carbocycles. The average Bonchev–Trinajstić information content (AvgIpc) is 3.23. The van der Waals surface area contributed by atoms with Crippen LogP contribution in [0.25, 0.3) is 0 Å². The van der Waals surface area contributed by atoms with Crippen LogP contribution in [-0.2, 0) is 9.59 Å². The molecule has 2 heterocycles. The summed E-state index contributed by atoms with van der Waals surface area (Å²) in [6.45, 7) is 7.92. The summed E-state index contributed by atoms with van der Waals surface area (Å²) in [4.78, 5) is 29.6. The van der Waals surface area contributed by atoms with Gasteiger partial charge in [0, 0.05) is 18.1 Å². The molecular weight excluding hydrogens is 380 g/mol. The molecule has 0 radical (unpaired) electrons. The summed E-state index contributed by atoms with van der Waals surface area (Å²) in [5, 5.41) is 3.49. The van der Waals surface area contributed by atoms with Gasteiger partial charge in [-0.15, -0.1) is 0 Å². The minimum absolute atomic E-state index is 0.0489. The first-order valence-electron chi connectivity index (χ1n) is 10.1. The number of benzene rings is 1. The smallest absolute Gasteiger partial charge is 0.282 e. The average molecular weight is 411 g/mol. The van der Waals surface area contributed by atoms with Gasteiger partial charge in [-0.25, -0.2) is 0 Å². The molecule has 2 amide bonds. The van der Waals surface area contributed by atoms with E-state index in [-0.39, 0.29) is 17.9 Å². The van der Waals surface area contributed by atoms with E-state index >= 15 is 0 Å².